The van der Waals surface area contributed by atoms with Crippen LogP contribution < -0.4 is 10.1 Å². The number of aromatic nitrogens is 1. The molecule has 4 nitrogen and oxygen atoms in total. The van der Waals surface area contributed by atoms with Crippen molar-refractivity contribution < 1.29 is 9.53 Å². The van der Waals surface area contributed by atoms with Gasteiger partial charge in [0, 0.05) is 9.77 Å². The van der Waals surface area contributed by atoms with Gasteiger partial charge < -0.3 is 10.1 Å². The molecule has 6 heteroatoms. The second-order valence-corrected chi connectivity index (χ2v) is 5.65. The highest BCUT2D eigenvalue weighted by molar-refractivity contribution is 14.1. The number of halogens is 2. The average Bonchev–Trinajstić information content (AvgIpc) is 2.44. The highest BCUT2D eigenvalue weighted by Crippen LogP contribution is 2.19. The Labute approximate surface area is 135 Å². The van der Waals surface area contributed by atoms with Gasteiger partial charge in [-0.25, -0.2) is 4.98 Å². The SMILES string of the molecule is C[C@@H](Oc1ccc(I)cc1)C(=O)Nc1cccnc1Cl. The zero-order valence-corrected chi connectivity index (χ0v) is 13.6. The van der Waals surface area contributed by atoms with Crippen LogP contribution in [0.5, 0.6) is 5.75 Å². The average molecular weight is 403 g/mol. The van der Waals surface area contributed by atoms with Gasteiger partial charge in [-0.1, -0.05) is 11.6 Å². The largest absolute Gasteiger partial charge is 0.481 e. The van der Waals surface area contributed by atoms with Crippen LogP contribution in [0.15, 0.2) is 42.6 Å². The third kappa shape index (κ3) is 4.08. The number of nitrogens with one attached hydrogen (secondary N) is 1. The fourth-order valence-electron chi connectivity index (χ4n) is 1.48. The lowest BCUT2D eigenvalue weighted by Gasteiger charge is -2.15. The van der Waals surface area contributed by atoms with E-state index in [0.717, 1.165) is 3.57 Å². The summed E-state index contributed by atoms with van der Waals surface area (Å²) in [4.78, 5) is 15.9. The summed E-state index contributed by atoms with van der Waals surface area (Å²) in [5, 5.41) is 2.93. The van der Waals surface area contributed by atoms with E-state index >= 15 is 0 Å². The van der Waals surface area contributed by atoms with Crippen LogP contribution in [0.4, 0.5) is 5.69 Å². The molecule has 0 radical (unpaired) electrons. The fraction of sp³-hybridized carbons (Fsp3) is 0.143. The number of pyridine rings is 1. The Kier molecular flexibility index (Phi) is 5.19. The quantitative estimate of drug-likeness (QED) is 0.626. The molecule has 0 aliphatic heterocycles. The van der Waals surface area contributed by atoms with E-state index < -0.39 is 6.10 Å². The molecule has 0 spiro atoms. The van der Waals surface area contributed by atoms with E-state index in [4.69, 9.17) is 16.3 Å². The molecule has 104 valence electrons. The van der Waals surface area contributed by atoms with E-state index in [1.54, 1.807) is 25.3 Å². The van der Waals surface area contributed by atoms with E-state index in [9.17, 15) is 4.79 Å². The number of carbonyl (C=O) groups is 1. The fourth-order valence-corrected chi connectivity index (χ4v) is 2.01. The summed E-state index contributed by atoms with van der Waals surface area (Å²) in [7, 11) is 0. The Morgan fingerprint density at radius 3 is 2.70 bits per heavy atom. The molecular formula is C14H12ClIN2O2. The summed E-state index contributed by atoms with van der Waals surface area (Å²) in [5.41, 5.74) is 0.470. The van der Waals surface area contributed by atoms with Gasteiger partial charge in [-0.05, 0) is 65.9 Å². The Bertz CT molecular complexity index is 604. The standard InChI is InChI=1S/C14H12ClIN2O2/c1-9(20-11-6-4-10(16)5-7-11)14(19)18-12-3-2-8-17-13(12)15/h2-9H,1H3,(H,18,19)/t9-/m1/s1. The van der Waals surface area contributed by atoms with Crippen LogP contribution in [-0.4, -0.2) is 17.0 Å². The van der Waals surface area contributed by atoms with Gasteiger partial charge in [0.15, 0.2) is 11.3 Å². The van der Waals surface area contributed by atoms with Crippen molar-refractivity contribution in [3.63, 3.8) is 0 Å². The smallest absolute Gasteiger partial charge is 0.265 e. The van der Waals surface area contributed by atoms with Gasteiger partial charge in [0.05, 0.1) is 5.69 Å². The molecule has 0 bridgehead atoms. The highest BCUT2D eigenvalue weighted by atomic mass is 127. The second kappa shape index (κ2) is 6.90. The van der Waals surface area contributed by atoms with Crippen LogP contribution in [0, 0.1) is 3.57 Å². The molecular weight excluding hydrogens is 391 g/mol. The third-order valence-electron chi connectivity index (χ3n) is 2.51. The first-order valence-corrected chi connectivity index (χ1v) is 7.35. The van der Waals surface area contributed by atoms with Crippen molar-refractivity contribution in [2.24, 2.45) is 0 Å². The lowest BCUT2D eigenvalue weighted by Crippen LogP contribution is -2.30. The maximum atomic E-state index is 12.0. The van der Waals surface area contributed by atoms with Crippen molar-refractivity contribution in [3.8, 4) is 5.75 Å². The maximum Gasteiger partial charge on any atom is 0.265 e. The van der Waals surface area contributed by atoms with Crippen LogP contribution >= 0.6 is 34.2 Å². The van der Waals surface area contributed by atoms with E-state index in [2.05, 4.69) is 32.9 Å². The molecule has 1 heterocycles. The number of rotatable bonds is 4. The molecule has 0 saturated heterocycles. The summed E-state index contributed by atoms with van der Waals surface area (Å²) in [6.07, 6.45) is 0.926. The Balaban J connectivity index is 1.99. The Hall–Kier alpha value is -1.34. The van der Waals surface area contributed by atoms with Gasteiger partial charge >= 0.3 is 0 Å². The minimum atomic E-state index is -0.633. The molecule has 0 aliphatic rings. The van der Waals surface area contributed by atoms with E-state index in [-0.39, 0.29) is 11.1 Å². The lowest BCUT2D eigenvalue weighted by molar-refractivity contribution is -0.122. The second-order valence-electron chi connectivity index (χ2n) is 4.05. The highest BCUT2D eigenvalue weighted by Gasteiger charge is 2.16. The normalized spacial score (nSPS) is 11.8. The molecule has 1 atom stereocenters. The summed E-state index contributed by atoms with van der Waals surface area (Å²) >= 11 is 8.09. The van der Waals surface area contributed by atoms with Gasteiger partial charge in [-0.3, -0.25) is 4.79 Å². The van der Waals surface area contributed by atoms with Crippen LogP contribution in [0.25, 0.3) is 0 Å². The number of hydrogen-bond donors (Lipinski definition) is 1. The van der Waals surface area contributed by atoms with Crippen molar-refractivity contribution in [2.75, 3.05) is 5.32 Å². The molecule has 0 unspecified atom stereocenters. The molecule has 1 amide bonds. The van der Waals surface area contributed by atoms with Gasteiger partial charge in [-0.2, -0.15) is 0 Å². The van der Waals surface area contributed by atoms with Crippen molar-refractivity contribution in [2.45, 2.75) is 13.0 Å². The zero-order chi connectivity index (χ0) is 14.5. The van der Waals surface area contributed by atoms with E-state index in [1.165, 1.54) is 0 Å². The predicted molar refractivity (Wildman–Crippen MR) is 87.1 cm³/mol. The summed E-state index contributed by atoms with van der Waals surface area (Å²) in [5.74, 6) is 0.365. The van der Waals surface area contributed by atoms with Crippen molar-refractivity contribution in [1.29, 1.82) is 0 Å². The third-order valence-corrected chi connectivity index (χ3v) is 3.53. The topological polar surface area (TPSA) is 51.2 Å². The first-order chi connectivity index (χ1) is 9.56. The lowest BCUT2D eigenvalue weighted by atomic mass is 10.3. The van der Waals surface area contributed by atoms with E-state index in [0.29, 0.717) is 11.4 Å². The van der Waals surface area contributed by atoms with Gasteiger partial charge in [0.1, 0.15) is 5.75 Å². The van der Waals surface area contributed by atoms with Crippen LogP contribution in [0.2, 0.25) is 5.15 Å². The minimum absolute atomic E-state index is 0.252. The number of benzene rings is 1. The Morgan fingerprint density at radius 1 is 1.35 bits per heavy atom. The maximum absolute atomic E-state index is 12.0. The molecule has 2 aromatic rings. The molecule has 0 fully saturated rings. The molecule has 2 rings (SSSR count). The summed E-state index contributed by atoms with van der Waals surface area (Å²) in [6, 6.07) is 10.9. The summed E-state index contributed by atoms with van der Waals surface area (Å²) < 4.78 is 6.67. The molecule has 1 aromatic heterocycles. The number of anilines is 1. The monoisotopic (exact) mass is 402 g/mol. The van der Waals surface area contributed by atoms with Crippen molar-refractivity contribution in [3.05, 3.63) is 51.3 Å². The van der Waals surface area contributed by atoms with Crippen molar-refractivity contribution >= 4 is 45.8 Å². The summed E-state index contributed by atoms with van der Waals surface area (Å²) in [6.45, 7) is 1.68. The van der Waals surface area contributed by atoms with E-state index in [1.807, 2.05) is 24.3 Å². The van der Waals surface area contributed by atoms with Gasteiger partial charge in [0.2, 0.25) is 0 Å². The zero-order valence-electron chi connectivity index (χ0n) is 10.6. The first-order valence-electron chi connectivity index (χ1n) is 5.90. The number of nitrogens with zero attached hydrogens (tertiary/aromatic N) is 1. The Morgan fingerprint density at radius 2 is 2.05 bits per heavy atom. The van der Waals surface area contributed by atoms with Crippen LogP contribution in [0.3, 0.4) is 0 Å². The minimum Gasteiger partial charge on any atom is -0.481 e. The molecule has 0 saturated carbocycles. The number of amides is 1. The van der Waals surface area contributed by atoms with Gasteiger partial charge in [-0.15, -0.1) is 0 Å². The molecule has 20 heavy (non-hydrogen) atoms. The number of carbonyl (C=O) groups excluding carboxylic acids is 1. The first kappa shape index (κ1) is 15.1. The van der Waals surface area contributed by atoms with Gasteiger partial charge in [0.25, 0.3) is 5.91 Å². The number of ether oxygens (including phenoxy) is 1. The molecule has 1 aromatic carbocycles. The predicted octanol–water partition coefficient (Wildman–Crippen LogP) is 3.75. The molecule has 0 aliphatic carbocycles. The van der Waals surface area contributed by atoms with Crippen molar-refractivity contribution in [1.82, 2.24) is 4.98 Å². The van der Waals surface area contributed by atoms with Crippen LogP contribution in [0.1, 0.15) is 6.92 Å². The number of hydrogen-bond acceptors (Lipinski definition) is 3. The van der Waals surface area contributed by atoms with Crippen LogP contribution in [-0.2, 0) is 4.79 Å². The molecule has 1 N–H and O–H groups in total.